The van der Waals surface area contributed by atoms with Crippen LogP contribution < -0.4 is 9.80 Å². The van der Waals surface area contributed by atoms with Crippen LogP contribution in [0.2, 0.25) is 0 Å². The summed E-state index contributed by atoms with van der Waals surface area (Å²) < 4.78 is 0. The lowest BCUT2D eigenvalue weighted by Crippen LogP contribution is -2.12. The molecular weight excluding hydrogens is 773 g/mol. The predicted molar refractivity (Wildman–Crippen MR) is 273 cm³/mol. The Labute approximate surface area is 375 Å². The Morgan fingerprint density at radius 3 is 0.844 bits per heavy atom. The monoisotopic (exact) mass is 816 g/mol. The van der Waals surface area contributed by atoms with Gasteiger partial charge in [-0.2, -0.15) is 0 Å². The molecule has 0 bridgehead atoms. The van der Waals surface area contributed by atoms with Gasteiger partial charge in [-0.1, -0.05) is 194 Å². The molecule has 11 aromatic rings. The van der Waals surface area contributed by atoms with E-state index in [4.69, 9.17) is 0 Å². The Balaban J connectivity index is 1.00. The van der Waals surface area contributed by atoms with E-state index in [-0.39, 0.29) is 0 Å². The summed E-state index contributed by atoms with van der Waals surface area (Å²) >= 11 is 0. The predicted octanol–water partition coefficient (Wildman–Crippen LogP) is 17.6. The quantitative estimate of drug-likeness (QED) is 0.127. The van der Waals surface area contributed by atoms with Crippen LogP contribution in [0.1, 0.15) is 0 Å². The second-order valence-electron chi connectivity index (χ2n) is 16.1. The Kier molecular flexibility index (Phi) is 10.3. The SMILES string of the molecule is c1ccc(-c2cccc(N(c3ccc(N(c4ccccc4)c4ccc(-c5c6ccccc6c(-c6ccccc6)c6ccccc56)cc4)cc3)c3cccc(-c4ccccc4)c3)c2)cc1. The third-order valence-electron chi connectivity index (χ3n) is 12.2. The number of hydrogen-bond donors (Lipinski definition) is 0. The van der Waals surface area contributed by atoms with Crippen LogP contribution in [0.25, 0.3) is 66.1 Å². The fraction of sp³-hybridized carbons (Fsp3) is 0. The fourth-order valence-electron chi connectivity index (χ4n) is 9.27. The molecular formula is C62H44N2. The minimum atomic E-state index is 1.07. The molecule has 0 N–H and O–H groups in total. The highest BCUT2D eigenvalue weighted by Crippen LogP contribution is 2.45. The van der Waals surface area contributed by atoms with Gasteiger partial charge in [-0.25, -0.2) is 0 Å². The first-order chi connectivity index (χ1) is 31.8. The Bertz CT molecular complexity index is 3210. The largest absolute Gasteiger partial charge is 0.311 e. The van der Waals surface area contributed by atoms with E-state index in [1.807, 2.05) is 0 Å². The van der Waals surface area contributed by atoms with E-state index in [1.165, 1.54) is 66.1 Å². The van der Waals surface area contributed by atoms with Gasteiger partial charge in [0.25, 0.3) is 0 Å². The van der Waals surface area contributed by atoms with Crippen LogP contribution in [0, 0.1) is 0 Å². The normalized spacial score (nSPS) is 11.1. The maximum absolute atomic E-state index is 2.36. The first kappa shape index (κ1) is 38.5. The average molecular weight is 817 g/mol. The first-order valence-electron chi connectivity index (χ1n) is 21.9. The molecule has 0 aliphatic carbocycles. The molecule has 0 aliphatic heterocycles. The number of hydrogen-bond acceptors (Lipinski definition) is 2. The molecule has 2 nitrogen and oxygen atoms in total. The van der Waals surface area contributed by atoms with Gasteiger partial charge in [0.15, 0.2) is 0 Å². The first-order valence-corrected chi connectivity index (χ1v) is 21.9. The molecule has 2 heteroatoms. The third-order valence-corrected chi connectivity index (χ3v) is 12.2. The van der Waals surface area contributed by atoms with Crippen LogP contribution in [0.5, 0.6) is 0 Å². The van der Waals surface area contributed by atoms with Crippen LogP contribution in [-0.4, -0.2) is 0 Å². The number of anilines is 6. The van der Waals surface area contributed by atoms with Crippen LogP contribution >= 0.6 is 0 Å². The smallest absolute Gasteiger partial charge is 0.0467 e. The van der Waals surface area contributed by atoms with E-state index in [2.05, 4.69) is 277 Å². The summed E-state index contributed by atoms with van der Waals surface area (Å²) in [4.78, 5) is 4.71. The summed E-state index contributed by atoms with van der Waals surface area (Å²) in [7, 11) is 0. The van der Waals surface area contributed by atoms with Gasteiger partial charge < -0.3 is 9.80 Å². The lowest BCUT2D eigenvalue weighted by atomic mass is 9.86. The molecule has 0 heterocycles. The maximum atomic E-state index is 2.36. The van der Waals surface area contributed by atoms with E-state index in [1.54, 1.807) is 0 Å². The Morgan fingerprint density at radius 1 is 0.172 bits per heavy atom. The van der Waals surface area contributed by atoms with Crippen molar-refractivity contribution in [2.45, 2.75) is 0 Å². The average Bonchev–Trinajstić information content (AvgIpc) is 3.38. The van der Waals surface area contributed by atoms with Gasteiger partial charge in [0.05, 0.1) is 0 Å². The van der Waals surface area contributed by atoms with Crippen LogP contribution in [0.3, 0.4) is 0 Å². The van der Waals surface area contributed by atoms with Gasteiger partial charge in [0.1, 0.15) is 0 Å². The van der Waals surface area contributed by atoms with E-state index in [0.717, 1.165) is 34.1 Å². The summed E-state index contributed by atoms with van der Waals surface area (Å²) in [5.74, 6) is 0. The van der Waals surface area contributed by atoms with Gasteiger partial charge in [-0.05, 0) is 139 Å². The van der Waals surface area contributed by atoms with Gasteiger partial charge in [0, 0.05) is 34.1 Å². The van der Waals surface area contributed by atoms with Crippen molar-refractivity contribution in [1.82, 2.24) is 0 Å². The number of fused-ring (bicyclic) bond motifs is 2. The summed E-state index contributed by atoms with van der Waals surface area (Å²) in [5, 5.41) is 5.00. The third kappa shape index (κ3) is 7.38. The topological polar surface area (TPSA) is 6.48 Å². The van der Waals surface area contributed by atoms with Crippen LogP contribution in [0.15, 0.2) is 267 Å². The summed E-state index contributed by atoms with van der Waals surface area (Å²) in [6.45, 7) is 0. The maximum Gasteiger partial charge on any atom is 0.0467 e. The second kappa shape index (κ2) is 17.1. The van der Waals surface area contributed by atoms with Crippen molar-refractivity contribution in [2.75, 3.05) is 9.80 Å². The lowest BCUT2D eigenvalue weighted by molar-refractivity contribution is 1.26. The molecule has 0 radical (unpaired) electrons. The zero-order chi connectivity index (χ0) is 42.7. The summed E-state index contributed by atoms with van der Waals surface area (Å²) in [6, 6.07) is 96.1. The van der Waals surface area contributed by atoms with E-state index >= 15 is 0 Å². The molecule has 0 aromatic heterocycles. The second-order valence-corrected chi connectivity index (χ2v) is 16.1. The molecule has 302 valence electrons. The Hall–Kier alpha value is -8.46. The molecule has 0 saturated heterocycles. The lowest BCUT2D eigenvalue weighted by Gasteiger charge is -2.29. The van der Waals surface area contributed by atoms with Gasteiger partial charge in [0.2, 0.25) is 0 Å². The molecule has 11 rings (SSSR count). The molecule has 0 spiro atoms. The highest BCUT2D eigenvalue weighted by molar-refractivity contribution is 6.21. The van der Waals surface area contributed by atoms with Crippen molar-refractivity contribution in [3.05, 3.63) is 267 Å². The van der Waals surface area contributed by atoms with Crippen molar-refractivity contribution >= 4 is 55.7 Å². The van der Waals surface area contributed by atoms with Crippen molar-refractivity contribution in [3.63, 3.8) is 0 Å². The van der Waals surface area contributed by atoms with Gasteiger partial charge in [-0.15, -0.1) is 0 Å². The summed E-state index contributed by atoms with van der Waals surface area (Å²) in [5.41, 5.74) is 16.2. The highest BCUT2D eigenvalue weighted by atomic mass is 15.2. The van der Waals surface area contributed by atoms with Crippen LogP contribution in [0.4, 0.5) is 34.1 Å². The van der Waals surface area contributed by atoms with E-state index < -0.39 is 0 Å². The van der Waals surface area contributed by atoms with Crippen LogP contribution in [-0.2, 0) is 0 Å². The zero-order valence-corrected chi connectivity index (χ0v) is 35.3. The molecule has 0 fully saturated rings. The molecule has 11 aromatic carbocycles. The van der Waals surface area contributed by atoms with Crippen molar-refractivity contribution < 1.29 is 0 Å². The molecule has 0 saturated carbocycles. The Morgan fingerprint density at radius 2 is 0.438 bits per heavy atom. The fourth-order valence-corrected chi connectivity index (χ4v) is 9.27. The van der Waals surface area contributed by atoms with Crippen molar-refractivity contribution in [3.8, 4) is 44.5 Å². The summed E-state index contributed by atoms with van der Waals surface area (Å²) in [6.07, 6.45) is 0. The number of rotatable bonds is 10. The minimum absolute atomic E-state index is 1.07. The van der Waals surface area contributed by atoms with Crippen molar-refractivity contribution in [1.29, 1.82) is 0 Å². The van der Waals surface area contributed by atoms with Gasteiger partial charge in [-0.3, -0.25) is 0 Å². The number of nitrogens with zero attached hydrogens (tertiary/aromatic N) is 2. The van der Waals surface area contributed by atoms with E-state index in [0.29, 0.717) is 0 Å². The number of para-hydroxylation sites is 1. The molecule has 0 aliphatic rings. The minimum Gasteiger partial charge on any atom is -0.311 e. The molecule has 0 amide bonds. The highest BCUT2D eigenvalue weighted by Gasteiger charge is 2.20. The zero-order valence-electron chi connectivity index (χ0n) is 35.3. The molecule has 0 atom stereocenters. The van der Waals surface area contributed by atoms with E-state index in [9.17, 15) is 0 Å². The molecule has 0 unspecified atom stereocenters. The standard InChI is InChI=1S/C62H44N2/c1-5-19-45(20-6-1)49-25-17-29-55(43-49)64(56-30-18-26-50(44-56)46-21-7-2-8-22-46)54-41-39-53(40-42-54)63(51-27-11-4-12-28-51)52-37-35-48(36-38-52)62-59-33-15-13-31-57(59)61(47-23-9-3-10-24-47)58-32-14-16-34-60(58)62/h1-44H. The van der Waals surface area contributed by atoms with Crippen molar-refractivity contribution in [2.24, 2.45) is 0 Å². The van der Waals surface area contributed by atoms with Gasteiger partial charge >= 0.3 is 0 Å². The number of benzene rings is 11. The molecule has 64 heavy (non-hydrogen) atoms.